The minimum absolute atomic E-state index is 0.00128. The number of para-hydroxylation sites is 1. The molecule has 27 heavy (non-hydrogen) atoms. The summed E-state index contributed by atoms with van der Waals surface area (Å²) in [6.07, 6.45) is 4.84. The quantitative estimate of drug-likeness (QED) is 0.688. The molecule has 1 N–H and O–H groups in total. The van der Waals surface area contributed by atoms with Gasteiger partial charge in [0.25, 0.3) is 0 Å². The lowest BCUT2D eigenvalue weighted by Crippen LogP contribution is -2.24. The lowest BCUT2D eigenvalue weighted by Gasteiger charge is -2.22. The summed E-state index contributed by atoms with van der Waals surface area (Å²) in [5.74, 6) is -0.389. The number of nitrogens with one attached hydrogen (secondary N) is 1. The van der Waals surface area contributed by atoms with Crippen molar-refractivity contribution in [3.8, 4) is 0 Å². The maximum absolute atomic E-state index is 12.3. The summed E-state index contributed by atoms with van der Waals surface area (Å²) >= 11 is 1.40. The van der Waals surface area contributed by atoms with E-state index in [1.54, 1.807) is 12.1 Å². The highest BCUT2D eigenvalue weighted by Crippen LogP contribution is 2.35. The molecule has 1 saturated carbocycles. The Morgan fingerprint density at radius 3 is 2.37 bits per heavy atom. The summed E-state index contributed by atoms with van der Waals surface area (Å²) in [6, 6.07) is 14.7. The number of hydrogen-bond donors (Lipinski definition) is 1. The third kappa shape index (κ3) is 5.26. The van der Waals surface area contributed by atoms with E-state index in [4.69, 9.17) is 9.47 Å². The van der Waals surface area contributed by atoms with Crippen molar-refractivity contribution in [1.82, 2.24) is 0 Å². The van der Waals surface area contributed by atoms with Crippen LogP contribution in [0.3, 0.4) is 0 Å². The summed E-state index contributed by atoms with van der Waals surface area (Å²) in [5.41, 5.74) is 1.15. The standard InChI is InChI=1S/C21H23NO4S/c1-25-20(23)16-11-5-7-13-18(16)27-19-14-8-6-12-17(19)22-21(24)26-15-9-3-2-4-10-15/h5-8,11-15H,2-4,9-10H2,1H3,(H,22,24). The first-order valence-corrected chi connectivity index (χ1v) is 9.91. The Bertz CT molecular complexity index is 802. The molecule has 0 spiro atoms. The van der Waals surface area contributed by atoms with Crippen molar-refractivity contribution in [2.24, 2.45) is 0 Å². The Kier molecular flexibility index (Phi) is 6.76. The van der Waals surface area contributed by atoms with Crippen LogP contribution in [0.25, 0.3) is 0 Å². The molecule has 1 aliphatic rings. The van der Waals surface area contributed by atoms with E-state index in [1.165, 1.54) is 25.3 Å². The van der Waals surface area contributed by atoms with Crippen molar-refractivity contribution in [3.05, 3.63) is 54.1 Å². The van der Waals surface area contributed by atoms with Gasteiger partial charge in [0.2, 0.25) is 0 Å². The molecule has 0 aromatic heterocycles. The molecule has 5 nitrogen and oxygen atoms in total. The van der Waals surface area contributed by atoms with Crippen molar-refractivity contribution in [3.63, 3.8) is 0 Å². The molecule has 6 heteroatoms. The topological polar surface area (TPSA) is 64.6 Å². The normalized spacial score (nSPS) is 14.4. The summed E-state index contributed by atoms with van der Waals surface area (Å²) in [5, 5.41) is 2.84. The van der Waals surface area contributed by atoms with E-state index < -0.39 is 6.09 Å². The molecular formula is C21H23NO4S. The lowest BCUT2D eigenvalue weighted by molar-refractivity contribution is 0.0596. The molecule has 0 heterocycles. The number of methoxy groups -OCH3 is 1. The molecular weight excluding hydrogens is 362 g/mol. The van der Waals surface area contributed by atoms with Crippen molar-refractivity contribution >= 4 is 29.5 Å². The highest BCUT2D eigenvalue weighted by Gasteiger charge is 2.19. The summed E-state index contributed by atoms with van der Waals surface area (Å²) in [6.45, 7) is 0. The van der Waals surface area contributed by atoms with Crippen LogP contribution in [0.2, 0.25) is 0 Å². The van der Waals surface area contributed by atoms with Crippen molar-refractivity contribution in [1.29, 1.82) is 0 Å². The van der Waals surface area contributed by atoms with Crippen LogP contribution in [0.4, 0.5) is 10.5 Å². The molecule has 0 bridgehead atoms. The molecule has 1 fully saturated rings. The maximum atomic E-state index is 12.3. The molecule has 1 amide bonds. The number of hydrogen-bond acceptors (Lipinski definition) is 5. The largest absolute Gasteiger partial charge is 0.465 e. The van der Waals surface area contributed by atoms with Gasteiger partial charge in [-0.2, -0.15) is 0 Å². The second-order valence-electron chi connectivity index (χ2n) is 6.38. The third-order valence-electron chi connectivity index (χ3n) is 4.46. The Labute approximate surface area is 163 Å². The number of amides is 1. The summed E-state index contributed by atoms with van der Waals surface area (Å²) in [4.78, 5) is 25.9. The number of anilines is 1. The van der Waals surface area contributed by atoms with Gasteiger partial charge in [0.15, 0.2) is 0 Å². The van der Waals surface area contributed by atoms with Gasteiger partial charge in [-0.3, -0.25) is 5.32 Å². The molecule has 0 unspecified atom stereocenters. The average molecular weight is 385 g/mol. The van der Waals surface area contributed by atoms with E-state index in [9.17, 15) is 9.59 Å². The van der Waals surface area contributed by atoms with Crippen LogP contribution in [0.1, 0.15) is 42.5 Å². The lowest BCUT2D eigenvalue weighted by atomic mass is 9.98. The monoisotopic (exact) mass is 385 g/mol. The third-order valence-corrected chi connectivity index (χ3v) is 5.61. The Morgan fingerprint density at radius 1 is 0.963 bits per heavy atom. The molecule has 2 aromatic rings. The average Bonchev–Trinajstić information content (AvgIpc) is 2.70. The second kappa shape index (κ2) is 9.46. The van der Waals surface area contributed by atoms with E-state index in [2.05, 4.69) is 5.32 Å². The molecule has 142 valence electrons. The minimum atomic E-state index is -0.434. The van der Waals surface area contributed by atoms with E-state index >= 15 is 0 Å². The maximum Gasteiger partial charge on any atom is 0.411 e. The zero-order valence-electron chi connectivity index (χ0n) is 15.3. The van der Waals surface area contributed by atoms with Gasteiger partial charge in [-0.05, 0) is 49.9 Å². The van der Waals surface area contributed by atoms with Crippen molar-refractivity contribution < 1.29 is 19.1 Å². The summed E-state index contributed by atoms with van der Waals surface area (Å²) < 4.78 is 10.4. The van der Waals surface area contributed by atoms with Crippen LogP contribution in [-0.4, -0.2) is 25.3 Å². The minimum Gasteiger partial charge on any atom is -0.465 e. The Balaban J connectivity index is 1.73. The van der Waals surface area contributed by atoms with E-state index in [0.717, 1.165) is 35.5 Å². The zero-order chi connectivity index (χ0) is 19.1. The predicted octanol–water partition coefficient (Wildman–Crippen LogP) is 5.51. The first-order chi connectivity index (χ1) is 13.2. The van der Waals surface area contributed by atoms with Crippen LogP contribution in [0.5, 0.6) is 0 Å². The van der Waals surface area contributed by atoms with Crippen molar-refractivity contribution in [2.75, 3.05) is 12.4 Å². The van der Waals surface area contributed by atoms with Crippen LogP contribution < -0.4 is 5.32 Å². The molecule has 3 rings (SSSR count). The van der Waals surface area contributed by atoms with Crippen LogP contribution in [0, 0.1) is 0 Å². The predicted molar refractivity (Wildman–Crippen MR) is 105 cm³/mol. The van der Waals surface area contributed by atoms with Gasteiger partial charge in [0.05, 0.1) is 18.4 Å². The number of carbonyl (C=O) groups is 2. The molecule has 1 aliphatic carbocycles. The van der Waals surface area contributed by atoms with Crippen LogP contribution >= 0.6 is 11.8 Å². The Morgan fingerprint density at radius 2 is 1.63 bits per heavy atom. The molecule has 0 saturated heterocycles. The highest BCUT2D eigenvalue weighted by atomic mass is 32.2. The molecule has 0 atom stereocenters. The summed E-state index contributed by atoms with van der Waals surface area (Å²) in [7, 11) is 1.36. The number of carbonyl (C=O) groups excluding carboxylic acids is 2. The number of benzene rings is 2. The molecule has 0 radical (unpaired) electrons. The van der Waals surface area contributed by atoms with Gasteiger partial charge in [-0.25, -0.2) is 9.59 Å². The van der Waals surface area contributed by atoms with Crippen LogP contribution in [0.15, 0.2) is 58.3 Å². The number of ether oxygens (including phenoxy) is 2. The molecule has 2 aromatic carbocycles. The van der Waals surface area contributed by atoms with Crippen molar-refractivity contribution in [2.45, 2.75) is 48.0 Å². The highest BCUT2D eigenvalue weighted by molar-refractivity contribution is 7.99. The SMILES string of the molecule is COC(=O)c1ccccc1Sc1ccccc1NC(=O)OC1CCCCC1. The van der Waals surface area contributed by atoms with Gasteiger partial charge >= 0.3 is 12.1 Å². The van der Waals surface area contributed by atoms with E-state index in [1.807, 2.05) is 36.4 Å². The van der Waals surface area contributed by atoms with Gasteiger partial charge in [-0.1, -0.05) is 42.4 Å². The van der Waals surface area contributed by atoms with Gasteiger partial charge in [-0.15, -0.1) is 0 Å². The van der Waals surface area contributed by atoms with E-state index in [0.29, 0.717) is 11.3 Å². The second-order valence-corrected chi connectivity index (χ2v) is 7.46. The van der Waals surface area contributed by atoms with Crippen LogP contribution in [-0.2, 0) is 9.47 Å². The molecule has 0 aliphatic heterocycles. The number of rotatable bonds is 5. The smallest absolute Gasteiger partial charge is 0.411 e. The number of esters is 1. The fraction of sp³-hybridized carbons (Fsp3) is 0.333. The first kappa shape index (κ1) is 19.3. The first-order valence-electron chi connectivity index (χ1n) is 9.09. The zero-order valence-corrected chi connectivity index (χ0v) is 16.1. The van der Waals surface area contributed by atoms with Gasteiger partial charge in [0.1, 0.15) is 6.10 Å². The van der Waals surface area contributed by atoms with E-state index in [-0.39, 0.29) is 12.1 Å². The van der Waals surface area contributed by atoms with Gasteiger partial charge < -0.3 is 9.47 Å². The fourth-order valence-electron chi connectivity index (χ4n) is 3.09. The van der Waals surface area contributed by atoms with Gasteiger partial charge in [0, 0.05) is 9.79 Å². The Hall–Kier alpha value is -2.47. The fourth-order valence-corrected chi connectivity index (χ4v) is 4.11.